The lowest BCUT2D eigenvalue weighted by Gasteiger charge is -2.49. The normalized spacial score (nSPS) is 21.8. The van der Waals surface area contributed by atoms with Crippen LogP contribution in [0.4, 0.5) is 4.39 Å². The zero-order chi connectivity index (χ0) is 19.5. The molecule has 28 heavy (non-hydrogen) atoms. The Labute approximate surface area is 161 Å². The predicted octanol–water partition coefficient (Wildman–Crippen LogP) is 2.95. The van der Waals surface area contributed by atoms with Crippen molar-refractivity contribution in [2.24, 2.45) is 0 Å². The van der Waals surface area contributed by atoms with Crippen molar-refractivity contribution in [1.29, 1.82) is 0 Å². The smallest absolute Gasteiger partial charge is 0.255 e. The van der Waals surface area contributed by atoms with Crippen molar-refractivity contribution >= 4 is 22.7 Å². The summed E-state index contributed by atoms with van der Waals surface area (Å²) in [4.78, 5) is 33.0. The Hall–Kier alpha value is -3.15. The minimum Gasteiger partial charge on any atom is -0.356 e. The Bertz CT molecular complexity index is 1120. The van der Waals surface area contributed by atoms with Crippen LogP contribution in [0, 0.1) is 5.82 Å². The Kier molecular flexibility index (Phi) is 3.59. The second-order valence-corrected chi connectivity index (χ2v) is 7.64. The number of rotatable bonds is 2. The Morgan fingerprint density at radius 2 is 1.86 bits per heavy atom. The van der Waals surface area contributed by atoms with Crippen LogP contribution in [0.15, 0.2) is 48.5 Å². The van der Waals surface area contributed by atoms with Crippen molar-refractivity contribution in [2.75, 3.05) is 13.1 Å². The van der Waals surface area contributed by atoms with E-state index in [0.29, 0.717) is 18.5 Å². The van der Waals surface area contributed by atoms with Gasteiger partial charge in [-0.2, -0.15) is 0 Å². The average Bonchev–Trinajstić information content (AvgIpc) is 3.08. The van der Waals surface area contributed by atoms with Gasteiger partial charge in [0, 0.05) is 29.6 Å². The fourth-order valence-electron chi connectivity index (χ4n) is 4.64. The molecule has 5 nitrogen and oxygen atoms in total. The van der Waals surface area contributed by atoms with Crippen LogP contribution < -0.4 is 0 Å². The van der Waals surface area contributed by atoms with Crippen molar-refractivity contribution in [3.8, 4) is 0 Å². The molecule has 142 valence electrons. The molecule has 6 heteroatoms. The van der Waals surface area contributed by atoms with Gasteiger partial charge in [0.25, 0.3) is 5.91 Å². The van der Waals surface area contributed by atoms with Crippen LogP contribution in [0.1, 0.15) is 23.7 Å². The first kappa shape index (κ1) is 17.0. The number of aromatic amines is 1. The highest BCUT2D eigenvalue weighted by molar-refractivity contribution is 6.00. The van der Waals surface area contributed by atoms with E-state index in [1.807, 2.05) is 24.3 Å². The van der Waals surface area contributed by atoms with E-state index in [9.17, 15) is 14.0 Å². The van der Waals surface area contributed by atoms with E-state index < -0.39 is 5.54 Å². The van der Waals surface area contributed by atoms with Gasteiger partial charge in [-0.15, -0.1) is 0 Å². The van der Waals surface area contributed by atoms with Crippen LogP contribution in [-0.4, -0.2) is 39.7 Å². The molecule has 0 unspecified atom stereocenters. The minimum atomic E-state index is -1.10. The number of halogens is 1. The maximum atomic E-state index is 14.1. The van der Waals surface area contributed by atoms with E-state index in [2.05, 4.69) is 4.98 Å². The van der Waals surface area contributed by atoms with Gasteiger partial charge in [0.15, 0.2) is 5.54 Å². The molecule has 0 aliphatic carbocycles. The van der Waals surface area contributed by atoms with Gasteiger partial charge < -0.3 is 14.8 Å². The Balaban J connectivity index is 1.60. The number of amides is 2. The SMILES string of the molecule is C[C@]12C(=O)N(Cc3ccccc3F)CC(=O)N1CCc1c2[nH]c2ccccc12. The van der Waals surface area contributed by atoms with Crippen molar-refractivity contribution < 1.29 is 14.0 Å². The number of aromatic nitrogens is 1. The zero-order valence-corrected chi connectivity index (χ0v) is 15.5. The molecule has 0 spiro atoms. The van der Waals surface area contributed by atoms with Crippen molar-refractivity contribution in [2.45, 2.75) is 25.4 Å². The molecule has 1 fully saturated rings. The molecular formula is C22H20FN3O2. The highest BCUT2D eigenvalue weighted by atomic mass is 19.1. The predicted molar refractivity (Wildman–Crippen MR) is 103 cm³/mol. The molecule has 5 rings (SSSR count). The highest BCUT2D eigenvalue weighted by Crippen LogP contribution is 2.42. The van der Waals surface area contributed by atoms with E-state index in [0.717, 1.165) is 22.2 Å². The molecule has 3 aromatic rings. The van der Waals surface area contributed by atoms with Gasteiger partial charge in [-0.05, 0) is 31.0 Å². The van der Waals surface area contributed by atoms with Crippen LogP contribution in [0.5, 0.6) is 0 Å². The summed E-state index contributed by atoms with van der Waals surface area (Å²) in [5.41, 5.74) is 2.13. The third kappa shape index (κ3) is 2.24. The number of para-hydroxylation sites is 1. The highest BCUT2D eigenvalue weighted by Gasteiger charge is 2.54. The van der Waals surface area contributed by atoms with Gasteiger partial charge in [0.05, 0.1) is 5.69 Å². The number of benzene rings is 2. The van der Waals surface area contributed by atoms with Gasteiger partial charge in [-0.3, -0.25) is 9.59 Å². The molecule has 2 amide bonds. The lowest BCUT2D eigenvalue weighted by atomic mass is 9.83. The summed E-state index contributed by atoms with van der Waals surface area (Å²) in [6, 6.07) is 14.3. The second kappa shape index (κ2) is 5.92. The third-order valence-electron chi connectivity index (χ3n) is 6.08. The summed E-state index contributed by atoms with van der Waals surface area (Å²) in [7, 11) is 0. The molecule has 2 aliphatic heterocycles. The van der Waals surface area contributed by atoms with Gasteiger partial charge in [-0.25, -0.2) is 4.39 Å². The molecule has 2 aromatic carbocycles. The second-order valence-electron chi connectivity index (χ2n) is 7.64. The Morgan fingerprint density at radius 3 is 2.68 bits per heavy atom. The minimum absolute atomic E-state index is 0.0294. The lowest BCUT2D eigenvalue weighted by Crippen LogP contribution is -2.66. The number of carbonyl (C=O) groups is 2. The fourth-order valence-corrected chi connectivity index (χ4v) is 4.64. The maximum Gasteiger partial charge on any atom is 0.255 e. The zero-order valence-electron chi connectivity index (χ0n) is 15.5. The molecular weight excluding hydrogens is 357 g/mol. The summed E-state index contributed by atoms with van der Waals surface area (Å²) in [5, 5.41) is 1.09. The largest absolute Gasteiger partial charge is 0.356 e. The first-order chi connectivity index (χ1) is 13.5. The molecule has 1 atom stereocenters. The van der Waals surface area contributed by atoms with E-state index >= 15 is 0 Å². The quantitative estimate of drug-likeness (QED) is 0.747. The van der Waals surface area contributed by atoms with Crippen LogP contribution in [-0.2, 0) is 28.1 Å². The topological polar surface area (TPSA) is 56.4 Å². The van der Waals surface area contributed by atoms with Gasteiger partial charge in [-0.1, -0.05) is 36.4 Å². The lowest BCUT2D eigenvalue weighted by molar-refractivity contribution is -0.166. The van der Waals surface area contributed by atoms with Crippen molar-refractivity contribution in [3.63, 3.8) is 0 Å². The van der Waals surface area contributed by atoms with E-state index in [-0.39, 0.29) is 30.7 Å². The maximum absolute atomic E-state index is 14.1. The third-order valence-corrected chi connectivity index (χ3v) is 6.08. The molecule has 2 aliphatic rings. The molecule has 3 heterocycles. The summed E-state index contributed by atoms with van der Waals surface area (Å²) >= 11 is 0. The van der Waals surface area contributed by atoms with E-state index in [1.54, 1.807) is 30.0 Å². The number of carbonyl (C=O) groups excluding carboxylic acids is 2. The van der Waals surface area contributed by atoms with Crippen molar-refractivity contribution in [1.82, 2.24) is 14.8 Å². The van der Waals surface area contributed by atoms with Gasteiger partial charge >= 0.3 is 0 Å². The number of H-pyrrole nitrogens is 1. The van der Waals surface area contributed by atoms with Crippen LogP contribution >= 0.6 is 0 Å². The van der Waals surface area contributed by atoms with E-state index in [4.69, 9.17) is 0 Å². The Morgan fingerprint density at radius 1 is 1.11 bits per heavy atom. The number of fused-ring (bicyclic) bond motifs is 5. The van der Waals surface area contributed by atoms with Gasteiger partial charge in [0.2, 0.25) is 5.91 Å². The van der Waals surface area contributed by atoms with Crippen LogP contribution in [0.3, 0.4) is 0 Å². The standard InChI is InChI=1S/C22H20FN3O2/c1-22-20-16(15-7-3-5-9-18(15)24-20)10-11-26(22)19(27)13-25(21(22)28)12-14-6-2-4-8-17(14)23/h2-9,24H,10-13H2,1H3/t22-/m0/s1. The number of nitrogens with one attached hydrogen (secondary N) is 1. The molecule has 0 saturated carbocycles. The van der Waals surface area contributed by atoms with Gasteiger partial charge in [0.1, 0.15) is 12.4 Å². The molecule has 0 bridgehead atoms. The number of hydrogen-bond acceptors (Lipinski definition) is 2. The first-order valence-electron chi connectivity index (χ1n) is 9.43. The summed E-state index contributed by atoms with van der Waals surface area (Å²) in [5.74, 6) is -0.657. The summed E-state index contributed by atoms with van der Waals surface area (Å²) in [6.07, 6.45) is 0.710. The van der Waals surface area contributed by atoms with Crippen molar-refractivity contribution in [3.05, 3.63) is 71.2 Å². The van der Waals surface area contributed by atoms with Crippen LogP contribution in [0.2, 0.25) is 0 Å². The molecule has 1 N–H and O–H groups in total. The first-order valence-corrected chi connectivity index (χ1v) is 9.43. The average molecular weight is 377 g/mol. The monoisotopic (exact) mass is 377 g/mol. The fraction of sp³-hybridized carbons (Fsp3) is 0.273. The molecule has 0 radical (unpaired) electrons. The van der Waals surface area contributed by atoms with E-state index in [1.165, 1.54) is 11.0 Å². The number of nitrogens with zero attached hydrogens (tertiary/aromatic N) is 2. The summed E-state index contributed by atoms with van der Waals surface area (Å²) in [6.45, 7) is 2.35. The van der Waals surface area contributed by atoms with Crippen LogP contribution in [0.25, 0.3) is 10.9 Å². The number of piperazine rings is 1. The molecule has 1 aromatic heterocycles. The molecule has 1 saturated heterocycles. The number of hydrogen-bond donors (Lipinski definition) is 1. The summed E-state index contributed by atoms with van der Waals surface area (Å²) < 4.78 is 14.1.